The van der Waals surface area contributed by atoms with Gasteiger partial charge < -0.3 is 0 Å². The Kier molecular flexibility index (Phi) is 7.23. The lowest BCUT2D eigenvalue weighted by Crippen LogP contribution is -2.35. The van der Waals surface area contributed by atoms with Crippen molar-refractivity contribution in [3.05, 3.63) is 122 Å². The van der Waals surface area contributed by atoms with Crippen LogP contribution < -0.4 is 15.9 Å². The summed E-state index contributed by atoms with van der Waals surface area (Å²) in [7, 11) is -2.25. The highest BCUT2D eigenvalue weighted by Crippen LogP contribution is 2.56. The summed E-state index contributed by atoms with van der Waals surface area (Å²) in [6, 6.07) is 34.9. The van der Waals surface area contributed by atoms with Crippen molar-refractivity contribution in [3.63, 3.8) is 0 Å². The first-order valence-corrected chi connectivity index (χ1v) is 14.1. The van der Waals surface area contributed by atoms with Gasteiger partial charge in [-0.05, 0) is 72.8 Å². The van der Waals surface area contributed by atoms with Crippen molar-refractivity contribution in [3.8, 4) is 0 Å². The van der Waals surface area contributed by atoms with E-state index in [9.17, 15) is 4.79 Å². The number of hydrogen-bond acceptors (Lipinski definition) is 1. The SMILES string of the molecule is O=C(C[P+](c1ccc(Br)cc1)(c1ccc(Br)cc1)c1ccc(Br)cc1)c1ccccc1. The van der Waals surface area contributed by atoms with Gasteiger partial charge in [0.15, 0.2) is 0 Å². The zero-order valence-corrected chi connectivity index (χ0v) is 22.2. The molecule has 0 spiro atoms. The quantitative estimate of drug-likeness (QED) is 0.166. The molecule has 5 heteroatoms. The summed E-state index contributed by atoms with van der Waals surface area (Å²) in [5.41, 5.74) is 0.748. The number of rotatable bonds is 6. The van der Waals surface area contributed by atoms with Gasteiger partial charge in [-0.2, -0.15) is 0 Å². The Morgan fingerprint density at radius 3 is 1.26 bits per heavy atom. The first-order chi connectivity index (χ1) is 15.0. The van der Waals surface area contributed by atoms with Gasteiger partial charge in [0.05, 0.1) is 0 Å². The molecule has 154 valence electrons. The van der Waals surface area contributed by atoms with E-state index in [2.05, 4.69) is 121 Å². The van der Waals surface area contributed by atoms with E-state index in [4.69, 9.17) is 0 Å². The van der Waals surface area contributed by atoms with Gasteiger partial charge >= 0.3 is 0 Å². The Morgan fingerprint density at radius 2 is 0.903 bits per heavy atom. The van der Waals surface area contributed by atoms with Gasteiger partial charge in [0.2, 0.25) is 5.78 Å². The number of halogens is 3. The molecule has 0 bridgehead atoms. The summed E-state index contributed by atoms with van der Waals surface area (Å²) in [5, 5.41) is 3.55. The van der Waals surface area contributed by atoms with E-state index >= 15 is 0 Å². The van der Waals surface area contributed by atoms with E-state index in [0.717, 1.165) is 19.0 Å². The lowest BCUT2D eigenvalue weighted by atomic mass is 10.2. The van der Waals surface area contributed by atoms with Crippen LogP contribution in [0.25, 0.3) is 0 Å². The van der Waals surface area contributed by atoms with E-state index < -0.39 is 7.26 Å². The molecule has 0 saturated carbocycles. The lowest BCUT2D eigenvalue weighted by molar-refractivity contribution is 0.102. The summed E-state index contributed by atoms with van der Waals surface area (Å²) in [6.07, 6.45) is 0.432. The lowest BCUT2D eigenvalue weighted by Gasteiger charge is -2.27. The Labute approximate surface area is 208 Å². The maximum atomic E-state index is 13.6. The Balaban J connectivity index is 1.97. The van der Waals surface area contributed by atoms with Crippen LogP contribution >= 0.6 is 55.1 Å². The number of carbonyl (C=O) groups is 1. The van der Waals surface area contributed by atoms with Crippen LogP contribution in [0, 0.1) is 0 Å². The van der Waals surface area contributed by atoms with E-state index in [-0.39, 0.29) is 5.78 Å². The molecule has 4 rings (SSSR count). The molecule has 0 unspecified atom stereocenters. The van der Waals surface area contributed by atoms with E-state index in [1.807, 2.05) is 30.3 Å². The molecule has 0 aliphatic carbocycles. The minimum Gasteiger partial charge on any atom is -0.290 e. The van der Waals surface area contributed by atoms with E-state index in [0.29, 0.717) is 6.16 Å². The molecule has 0 heterocycles. The second-order valence-corrected chi connectivity index (χ2v) is 13.4. The number of carbonyl (C=O) groups excluding carboxylic acids is 1. The average molecular weight is 618 g/mol. The van der Waals surface area contributed by atoms with Crippen LogP contribution in [-0.4, -0.2) is 11.9 Å². The summed E-state index contributed by atoms with van der Waals surface area (Å²) in [5.74, 6) is 0.155. The minimum atomic E-state index is -2.25. The van der Waals surface area contributed by atoms with Crippen molar-refractivity contribution in [2.24, 2.45) is 0 Å². The summed E-state index contributed by atoms with van der Waals surface area (Å²) in [4.78, 5) is 13.6. The fourth-order valence-corrected chi connectivity index (χ4v) is 8.56. The second-order valence-electron chi connectivity index (χ2n) is 7.19. The topological polar surface area (TPSA) is 17.1 Å². The van der Waals surface area contributed by atoms with Gasteiger partial charge in [-0.15, -0.1) is 0 Å². The van der Waals surface area contributed by atoms with Gasteiger partial charge in [0.25, 0.3) is 0 Å². The Bertz CT molecular complexity index is 1060. The Hall–Kier alpha value is -1.58. The first-order valence-electron chi connectivity index (χ1n) is 9.74. The van der Waals surface area contributed by atoms with Crippen molar-refractivity contribution < 1.29 is 4.79 Å². The molecule has 0 amide bonds. The molecular weight excluding hydrogens is 599 g/mol. The standard InChI is InChI=1S/C26H19Br3OP/c27-20-6-12-23(13-7-20)31(24-14-8-21(28)9-15-24,25-16-10-22(29)11-17-25)18-26(30)19-4-2-1-3-5-19/h1-17H,18H2/q+1. The van der Waals surface area contributed by atoms with Crippen LogP contribution in [0.3, 0.4) is 0 Å². The maximum absolute atomic E-state index is 13.6. The molecule has 0 N–H and O–H groups in total. The van der Waals surface area contributed by atoms with Crippen LogP contribution in [0.5, 0.6) is 0 Å². The molecule has 4 aromatic rings. The predicted molar refractivity (Wildman–Crippen MR) is 144 cm³/mol. The number of ketones is 1. The largest absolute Gasteiger partial charge is 0.290 e. The highest BCUT2D eigenvalue weighted by atomic mass is 79.9. The molecule has 1 nitrogen and oxygen atoms in total. The average Bonchev–Trinajstić information content (AvgIpc) is 2.80. The second kappa shape index (κ2) is 9.92. The Morgan fingerprint density at radius 1 is 0.548 bits per heavy atom. The van der Waals surface area contributed by atoms with Crippen molar-refractivity contribution in [2.75, 3.05) is 6.16 Å². The zero-order chi connectivity index (χ0) is 21.8. The molecule has 0 radical (unpaired) electrons. The molecule has 0 atom stereocenters. The van der Waals surface area contributed by atoms with Crippen molar-refractivity contribution in [1.29, 1.82) is 0 Å². The smallest absolute Gasteiger partial charge is 0.201 e. The predicted octanol–water partition coefficient (Wildman–Crippen LogP) is 7.15. The van der Waals surface area contributed by atoms with Gasteiger partial charge in [-0.1, -0.05) is 78.1 Å². The third-order valence-electron chi connectivity index (χ3n) is 5.28. The van der Waals surface area contributed by atoms with Crippen LogP contribution in [0.2, 0.25) is 0 Å². The van der Waals surface area contributed by atoms with Crippen molar-refractivity contribution in [1.82, 2.24) is 0 Å². The summed E-state index contributed by atoms with van der Waals surface area (Å²) < 4.78 is 3.07. The van der Waals surface area contributed by atoms with Gasteiger partial charge in [0.1, 0.15) is 29.3 Å². The fourth-order valence-electron chi connectivity index (χ4n) is 3.74. The third kappa shape index (κ3) is 4.93. The first kappa shape index (κ1) is 22.6. The summed E-state index contributed by atoms with van der Waals surface area (Å²) in [6.45, 7) is 0. The molecular formula is C26H19Br3OP+. The van der Waals surface area contributed by atoms with E-state index in [1.165, 1.54) is 15.9 Å². The zero-order valence-electron chi connectivity index (χ0n) is 16.5. The third-order valence-corrected chi connectivity index (χ3v) is 11.2. The highest BCUT2D eigenvalue weighted by molar-refractivity contribution is 9.11. The fraction of sp³-hybridized carbons (Fsp3) is 0.0385. The molecule has 31 heavy (non-hydrogen) atoms. The molecule has 0 fully saturated rings. The summed E-state index contributed by atoms with van der Waals surface area (Å²) >= 11 is 10.7. The number of Topliss-reactive ketones (excluding diaryl/α,β-unsaturated/α-hetero) is 1. The van der Waals surface area contributed by atoms with Gasteiger partial charge in [-0.25, -0.2) is 0 Å². The van der Waals surface area contributed by atoms with Crippen LogP contribution in [0.4, 0.5) is 0 Å². The van der Waals surface area contributed by atoms with Crippen molar-refractivity contribution >= 4 is 76.7 Å². The van der Waals surface area contributed by atoms with Crippen LogP contribution in [0.15, 0.2) is 117 Å². The van der Waals surface area contributed by atoms with Crippen molar-refractivity contribution in [2.45, 2.75) is 0 Å². The molecule has 0 aliphatic heterocycles. The molecule has 0 aromatic heterocycles. The number of hydrogen-bond donors (Lipinski definition) is 0. The van der Waals surface area contributed by atoms with Crippen LogP contribution in [-0.2, 0) is 0 Å². The molecule has 0 saturated heterocycles. The minimum absolute atomic E-state index is 0.155. The van der Waals surface area contributed by atoms with E-state index in [1.54, 1.807) is 0 Å². The normalized spacial score (nSPS) is 11.3. The van der Waals surface area contributed by atoms with Crippen LogP contribution in [0.1, 0.15) is 10.4 Å². The van der Waals surface area contributed by atoms with Gasteiger partial charge in [-0.3, -0.25) is 4.79 Å². The molecule has 0 aliphatic rings. The molecule has 4 aromatic carbocycles. The monoisotopic (exact) mass is 615 g/mol. The highest BCUT2D eigenvalue weighted by Gasteiger charge is 2.47. The number of benzene rings is 4. The van der Waals surface area contributed by atoms with Gasteiger partial charge in [0, 0.05) is 19.0 Å². The maximum Gasteiger partial charge on any atom is 0.201 e.